The molecule has 0 aliphatic heterocycles. The highest BCUT2D eigenvalue weighted by Gasteiger charge is 2.14. The molecule has 0 saturated heterocycles. The molecule has 106 valence electrons. The van der Waals surface area contributed by atoms with Crippen molar-refractivity contribution in [2.45, 2.75) is 13.8 Å². The molecule has 1 aromatic heterocycles. The molecule has 0 radical (unpaired) electrons. The number of aromatic nitrogens is 2. The number of hydrogen-bond donors (Lipinski definition) is 1. The number of nitrogens with zero attached hydrogens (tertiary/aromatic N) is 1. The van der Waals surface area contributed by atoms with E-state index in [9.17, 15) is 0 Å². The molecule has 3 aromatic rings. The Morgan fingerprint density at radius 1 is 0.857 bits per heavy atom. The first-order valence-corrected chi connectivity index (χ1v) is 6.95. The molecule has 21 heavy (non-hydrogen) atoms. The number of methoxy groups -OCH3 is 1. The van der Waals surface area contributed by atoms with E-state index in [-0.39, 0.29) is 0 Å². The smallest absolute Gasteiger partial charge is 0.118 e. The normalized spacial score (nSPS) is 10.6. The van der Waals surface area contributed by atoms with E-state index in [2.05, 4.69) is 53.5 Å². The van der Waals surface area contributed by atoms with Crippen LogP contribution in [0.25, 0.3) is 22.4 Å². The zero-order chi connectivity index (χ0) is 14.8. The number of nitrogens with one attached hydrogen (secondary N) is 1. The lowest BCUT2D eigenvalue weighted by Crippen LogP contribution is -1.86. The van der Waals surface area contributed by atoms with Gasteiger partial charge in [0.2, 0.25) is 0 Å². The summed E-state index contributed by atoms with van der Waals surface area (Å²) in [4.78, 5) is 0. The number of aryl methyl sites for hydroxylation is 2. The zero-order valence-corrected chi connectivity index (χ0v) is 12.5. The Morgan fingerprint density at radius 2 is 1.48 bits per heavy atom. The lowest BCUT2D eigenvalue weighted by atomic mass is 9.99. The average molecular weight is 278 g/mol. The molecule has 0 fully saturated rings. The molecular weight excluding hydrogens is 260 g/mol. The minimum Gasteiger partial charge on any atom is -0.497 e. The molecule has 0 atom stereocenters. The molecule has 3 nitrogen and oxygen atoms in total. The Bertz CT molecular complexity index is 740. The van der Waals surface area contributed by atoms with Gasteiger partial charge >= 0.3 is 0 Å². The van der Waals surface area contributed by atoms with E-state index in [1.165, 1.54) is 5.56 Å². The maximum Gasteiger partial charge on any atom is 0.118 e. The monoisotopic (exact) mass is 278 g/mol. The molecule has 3 rings (SSSR count). The van der Waals surface area contributed by atoms with Crippen molar-refractivity contribution >= 4 is 0 Å². The van der Waals surface area contributed by atoms with E-state index in [1.54, 1.807) is 7.11 Å². The summed E-state index contributed by atoms with van der Waals surface area (Å²) < 4.78 is 5.22. The summed E-state index contributed by atoms with van der Waals surface area (Å²) in [6, 6.07) is 16.5. The molecule has 0 aliphatic carbocycles. The average Bonchev–Trinajstić information content (AvgIpc) is 2.90. The third-order valence-corrected chi connectivity index (χ3v) is 3.65. The number of benzene rings is 2. The number of ether oxygens (including phenoxy) is 1. The first-order chi connectivity index (χ1) is 10.2. The number of H-pyrrole nitrogens is 1. The minimum atomic E-state index is 0.858. The molecule has 3 heteroatoms. The van der Waals surface area contributed by atoms with E-state index in [0.717, 1.165) is 33.8 Å². The highest BCUT2D eigenvalue weighted by Crippen LogP contribution is 2.33. The Balaban J connectivity index is 2.09. The SMILES string of the molecule is COc1ccc(-c2c(-c3ccc(C)cc3)n[nH]c2C)cc1. The van der Waals surface area contributed by atoms with Crippen molar-refractivity contribution in [2.24, 2.45) is 0 Å². The topological polar surface area (TPSA) is 37.9 Å². The van der Waals surface area contributed by atoms with E-state index >= 15 is 0 Å². The summed E-state index contributed by atoms with van der Waals surface area (Å²) in [7, 11) is 1.68. The largest absolute Gasteiger partial charge is 0.497 e. The van der Waals surface area contributed by atoms with Gasteiger partial charge in [0.05, 0.1) is 7.11 Å². The maximum atomic E-state index is 5.22. The van der Waals surface area contributed by atoms with Gasteiger partial charge in [-0.25, -0.2) is 0 Å². The van der Waals surface area contributed by atoms with E-state index in [1.807, 2.05) is 19.1 Å². The molecule has 0 amide bonds. The van der Waals surface area contributed by atoms with Crippen LogP contribution in [0.2, 0.25) is 0 Å². The third-order valence-electron chi connectivity index (χ3n) is 3.65. The van der Waals surface area contributed by atoms with Crippen LogP contribution in [0.4, 0.5) is 0 Å². The van der Waals surface area contributed by atoms with Gasteiger partial charge in [-0.2, -0.15) is 5.10 Å². The minimum absolute atomic E-state index is 0.858. The van der Waals surface area contributed by atoms with Crippen LogP contribution in [-0.2, 0) is 0 Å². The standard InChI is InChI=1S/C18H18N2O/c1-12-4-6-15(7-5-12)18-17(13(2)19-20-18)14-8-10-16(21-3)11-9-14/h4-11H,1-3H3,(H,19,20). The van der Waals surface area contributed by atoms with Crippen molar-refractivity contribution in [1.82, 2.24) is 10.2 Å². The third kappa shape index (κ3) is 2.55. The first-order valence-electron chi connectivity index (χ1n) is 6.95. The fourth-order valence-electron chi connectivity index (χ4n) is 2.46. The Morgan fingerprint density at radius 3 is 2.10 bits per heavy atom. The summed E-state index contributed by atoms with van der Waals surface area (Å²) in [5.74, 6) is 0.858. The predicted molar refractivity (Wildman–Crippen MR) is 85.5 cm³/mol. The van der Waals surface area contributed by atoms with E-state index < -0.39 is 0 Å². The molecule has 2 aromatic carbocycles. The van der Waals surface area contributed by atoms with Gasteiger partial charge in [0.15, 0.2) is 0 Å². The van der Waals surface area contributed by atoms with Crippen LogP contribution in [0.3, 0.4) is 0 Å². The van der Waals surface area contributed by atoms with Gasteiger partial charge in [-0.05, 0) is 31.5 Å². The summed E-state index contributed by atoms with van der Waals surface area (Å²) in [6.45, 7) is 4.13. The second-order valence-electron chi connectivity index (χ2n) is 5.17. The van der Waals surface area contributed by atoms with E-state index in [0.29, 0.717) is 0 Å². The van der Waals surface area contributed by atoms with Gasteiger partial charge in [0, 0.05) is 16.8 Å². The van der Waals surface area contributed by atoms with Crippen LogP contribution < -0.4 is 4.74 Å². The first kappa shape index (κ1) is 13.4. The Kier molecular flexibility index (Phi) is 3.48. The summed E-state index contributed by atoms with van der Waals surface area (Å²) in [5.41, 5.74) is 6.69. The van der Waals surface area contributed by atoms with Crippen LogP contribution in [0.15, 0.2) is 48.5 Å². The lowest BCUT2D eigenvalue weighted by molar-refractivity contribution is 0.415. The summed E-state index contributed by atoms with van der Waals surface area (Å²) in [6.07, 6.45) is 0. The molecule has 0 saturated carbocycles. The molecule has 0 bridgehead atoms. The molecule has 0 unspecified atom stereocenters. The molecule has 1 N–H and O–H groups in total. The van der Waals surface area contributed by atoms with Gasteiger partial charge in [0.25, 0.3) is 0 Å². The van der Waals surface area contributed by atoms with Crippen LogP contribution in [0.1, 0.15) is 11.3 Å². The fourth-order valence-corrected chi connectivity index (χ4v) is 2.46. The van der Waals surface area contributed by atoms with Crippen LogP contribution in [-0.4, -0.2) is 17.3 Å². The number of hydrogen-bond acceptors (Lipinski definition) is 2. The van der Waals surface area contributed by atoms with Crippen LogP contribution in [0, 0.1) is 13.8 Å². The molecular formula is C18H18N2O. The molecule has 0 spiro atoms. The number of aromatic amines is 1. The summed E-state index contributed by atoms with van der Waals surface area (Å²) in [5, 5.41) is 7.57. The fraction of sp³-hybridized carbons (Fsp3) is 0.167. The van der Waals surface area contributed by atoms with Crippen molar-refractivity contribution in [3.05, 3.63) is 59.8 Å². The van der Waals surface area contributed by atoms with Crippen molar-refractivity contribution in [1.29, 1.82) is 0 Å². The van der Waals surface area contributed by atoms with Gasteiger partial charge in [-0.15, -0.1) is 0 Å². The highest BCUT2D eigenvalue weighted by molar-refractivity contribution is 5.82. The second kappa shape index (κ2) is 5.44. The Labute approximate surface area is 124 Å². The van der Waals surface area contributed by atoms with Crippen molar-refractivity contribution in [3.63, 3.8) is 0 Å². The second-order valence-corrected chi connectivity index (χ2v) is 5.17. The Hall–Kier alpha value is -2.55. The van der Waals surface area contributed by atoms with Crippen molar-refractivity contribution in [2.75, 3.05) is 7.11 Å². The summed E-state index contributed by atoms with van der Waals surface area (Å²) >= 11 is 0. The number of rotatable bonds is 3. The van der Waals surface area contributed by atoms with Crippen molar-refractivity contribution in [3.8, 4) is 28.1 Å². The quantitative estimate of drug-likeness (QED) is 0.772. The van der Waals surface area contributed by atoms with Gasteiger partial charge in [0.1, 0.15) is 11.4 Å². The molecule has 0 aliphatic rings. The predicted octanol–water partition coefficient (Wildman–Crippen LogP) is 4.37. The van der Waals surface area contributed by atoms with Gasteiger partial charge in [-0.3, -0.25) is 5.10 Å². The van der Waals surface area contributed by atoms with Crippen LogP contribution in [0.5, 0.6) is 5.75 Å². The van der Waals surface area contributed by atoms with Crippen molar-refractivity contribution < 1.29 is 4.74 Å². The van der Waals surface area contributed by atoms with Crippen LogP contribution >= 0.6 is 0 Å². The van der Waals surface area contributed by atoms with E-state index in [4.69, 9.17) is 4.74 Å². The molecule has 1 heterocycles. The van der Waals surface area contributed by atoms with Gasteiger partial charge in [-0.1, -0.05) is 42.0 Å². The zero-order valence-electron chi connectivity index (χ0n) is 12.5. The van der Waals surface area contributed by atoms with Gasteiger partial charge < -0.3 is 4.74 Å². The maximum absolute atomic E-state index is 5.22. The lowest BCUT2D eigenvalue weighted by Gasteiger charge is -2.06. The highest BCUT2D eigenvalue weighted by atomic mass is 16.5.